The van der Waals surface area contributed by atoms with E-state index in [0.717, 1.165) is 25.5 Å². The maximum atomic E-state index is 12.0. The highest BCUT2D eigenvalue weighted by Crippen LogP contribution is 2.33. The minimum Gasteiger partial charge on any atom is -0.356 e. The molecule has 1 aliphatic carbocycles. The number of rotatable bonds is 7. The summed E-state index contributed by atoms with van der Waals surface area (Å²) < 4.78 is 24.2. The van der Waals surface area contributed by atoms with Gasteiger partial charge in [-0.2, -0.15) is 0 Å². The number of amides is 1. The Bertz CT molecular complexity index is 614. The molecule has 122 valence electrons. The first-order valence-corrected chi connectivity index (χ1v) is 9.64. The molecule has 22 heavy (non-hydrogen) atoms. The highest BCUT2D eigenvalue weighted by Gasteiger charge is 2.21. The van der Waals surface area contributed by atoms with Crippen LogP contribution in [0, 0.1) is 0 Å². The van der Waals surface area contributed by atoms with E-state index in [0.29, 0.717) is 31.8 Å². The van der Waals surface area contributed by atoms with Gasteiger partial charge in [-0.3, -0.25) is 4.79 Å². The Labute approximate surface area is 132 Å². The van der Waals surface area contributed by atoms with E-state index in [1.807, 2.05) is 6.07 Å². The van der Waals surface area contributed by atoms with Crippen molar-refractivity contribution < 1.29 is 13.2 Å². The van der Waals surface area contributed by atoms with Gasteiger partial charge in [-0.15, -0.1) is 0 Å². The van der Waals surface area contributed by atoms with Crippen molar-refractivity contribution in [2.75, 3.05) is 19.3 Å². The third-order valence-corrected chi connectivity index (χ3v) is 4.69. The van der Waals surface area contributed by atoms with E-state index in [2.05, 4.69) is 28.2 Å². The summed E-state index contributed by atoms with van der Waals surface area (Å²) in [4.78, 5) is 12.0. The summed E-state index contributed by atoms with van der Waals surface area (Å²) in [5.41, 5.74) is 2.67. The van der Waals surface area contributed by atoms with Gasteiger partial charge < -0.3 is 5.32 Å². The van der Waals surface area contributed by atoms with Crippen molar-refractivity contribution in [1.29, 1.82) is 0 Å². The van der Waals surface area contributed by atoms with Crippen LogP contribution >= 0.6 is 0 Å². The van der Waals surface area contributed by atoms with E-state index in [1.54, 1.807) is 0 Å². The number of aryl methyl sites for hydroxylation is 1. The van der Waals surface area contributed by atoms with Crippen molar-refractivity contribution >= 4 is 15.9 Å². The summed E-state index contributed by atoms with van der Waals surface area (Å²) in [5.74, 6) is 0.347. The van der Waals surface area contributed by atoms with Gasteiger partial charge in [0.2, 0.25) is 15.9 Å². The molecule has 1 aliphatic rings. The van der Waals surface area contributed by atoms with Gasteiger partial charge in [0, 0.05) is 19.5 Å². The molecule has 0 saturated heterocycles. The Morgan fingerprint density at radius 3 is 2.82 bits per heavy atom. The largest absolute Gasteiger partial charge is 0.356 e. The highest BCUT2D eigenvalue weighted by molar-refractivity contribution is 7.88. The van der Waals surface area contributed by atoms with Crippen molar-refractivity contribution in [3.63, 3.8) is 0 Å². The molecule has 5 nitrogen and oxygen atoms in total. The van der Waals surface area contributed by atoms with Crippen molar-refractivity contribution in [2.24, 2.45) is 0 Å². The first-order valence-electron chi connectivity index (χ1n) is 7.75. The molecule has 0 spiro atoms. The molecule has 1 unspecified atom stereocenters. The minimum absolute atomic E-state index is 0.0426. The van der Waals surface area contributed by atoms with Crippen LogP contribution in [0.3, 0.4) is 0 Å². The van der Waals surface area contributed by atoms with E-state index in [-0.39, 0.29) is 5.91 Å². The molecule has 0 radical (unpaired) electrons. The summed E-state index contributed by atoms with van der Waals surface area (Å²) in [6.45, 7) is 0.848. The number of hydrogen-bond donors (Lipinski definition) is 2. The SMILES string of the molecule is CS(=O)(=O)NCCCNC(=O)CC1CCCc2ccccc21. The van der Waals surface area contributed by atoms with E-state index in [1.165, 1.54) is 11.1 Å². The maximum Gasteiger partial charge on any atom is 0.220 e. The first-order chi connectivity index (χ1) is 10.5. The topological polar surface area (TPSA) is 75.3 Å². The maximum absolute atomic E-state index is 12.0. The van der Waals surface area contributed by atoms with Crippen LogP contribution in [0.15, 0.2) is 24.3 Å². The summed E-state index contributed by atoms with van der Waals surface area (Å²) in [5, 5.41) is 2.87. The van der Waals surface area contributed by atoms with Crippen LogP contribution in [0.2, 0.25) is 0 Å². The second kappa shape index (κ2) is 7.74. The van der Waals surface area contributed by atoms with Gasteiger partial charge in [0.15, 0.2) is 0 Å². The molecule has 1 amide bonds. The number of sulfonamides is 1. The van der Waals surface area contributed by atoms with Crippen molar-refractivity contribution in [1.82, 2.24) is 10.0 Å². The van der Waals surface area contributed by atoms with E-state index in [4.69, 9.17) is 0 Å². The number of hydrogen-bond acceptors (Lipinski definition) is 3. The van der Waals surface area contributed by atoms with Crippen LogP contribution in [0.4, 0.5) is 0 Å². The average molecular weight is 324 g/mol. The zero-order chi connectivity index (χ0) is 16.0. The Hall–Kier alpha value is -1.40. The van der Waals surface area contributed by atoms with E-state index >= 15 is 0 Å². The van der Waals surface area contributed by atoms with E-state index in [9.17, 15) is 13.2 Å². The fraction of sp³-hybridized carbons (Fsp3) is 0.562. The van der Waals surface area contributed by atoms with Gasteiger partial charge in [0.25, 0.3) is 0 Å². The number of benzene rings is 1. The van der Waals surface area contributed by atoms with Gasteiger partial charge >= 0.3 is 0 Å². The van der Waals surface area contributed by atoms with Crippen LogP contribution in [0.25, 0.3) is 0 Å². The van der Waals surface area contributed by atoms with Gasteiger partial charge in [-0.25, -0.2) is 13.1 Å². The lowest BCUT2D eigenvalue weighted by Gasteiger charge is -2.25. The Morgan fingerprint density at radius 1 is 1.27 bits per heavy atom. The zero-order valence-corrected chi connectivity index (χ0v) is 13.8. The van der Waals surface area contributed by atoms with Crippen molar-refractivity contribution in [3.8, 4) is 0 Å². The lowest BCUT2D eigenvalue weighted by Crippen LogP contribution is -2.30. The summed E-state index contributed by atoms with van der Waals surface area (Å²) in [7, 11) is -3.14. The summed E-state index contributed by atoms with van der Waals surface area (Å²) in [6, 6.07) is 8.36. The molecule has 0 saturated carbocycles. The molecule has 2 rings (SSSR count). The van der Waals surface area contributed by atoms with Crippen LogP contribution in [-0.2, 0) is 21.2 Å². The predicted octanol–water partition coefficient (Wildman–Crippen LogP) is 1.55. The first kappa shape index (κ1) is 17.0. The zero-order valence-electron chi connectivity index (χ0n) is 13.0. The van der Waals surface area contributed by atoms with Gasteiger partial charge in [-0.05, 0) is 42.7 Å². The Balaban J connectivity index is 1.74. The molecule has 2 N–H and O–H groups in total. The number of nitrogens with one attached hydrogen (secondary N) is 2. The molecule has 1 aromatic rings. The van der Waals surface area contributed by atoms with Gasteiger partial charge in [0.05, 0.1) is 6.26 Å². The average Bonchev–Trinajstić information content (AvgIpc) is 2.46. The molecular weight excluding hydrogens is 300 g/mol. The molecule has 1 atom stereocenters. The lowest BCUT2D eigenvalue weighted by atomic mass is 9.81. The lowest BCUT2D eigenvalue weighted by molar-refractivity contribution is -0.121. The standard InChI is InChI=1S/C16H24N2O3S/c1-22(20,21)18-11-5-10-17-16(19)12-14-8-4-7-13-6-2-3-9-15(13)14/h2-3,6,9,14,18H,4-5,7-8,10-12H2,1H3,(H,17,19). The van der Waals surface area contributed by atoms with Crippen LogP contribution < -0.4 is 10.0 Å². The summed E-state index contributed by atoms with van der Waals surface area (Å²) in [6.07, 6.45) is 5.53. The third-order valence-electron chi connectivity index (χ3n) is 3.97. The molecule has 0 bridgehead atoms. The second-order valence-corrected chi connectivity index (χ2v) is 7.70. The van der Waals surface area contributed by atoms with Crippen LogP contribution in [0.5, 0.6) is 0 Å². The molecule has 6 heteroatoms. The number of fused-ring (bicyclic) bond motifs is 1. The molecule has 1 aromatic carbocycles. The number of carbonyl (C=O) groups excluding carboxylic acids is 1. The highest BCUT2D eigenvalue weighted by atomic mass is 32.2. The van der Waals surface area contributed by atoms with Crippen molar-refractivity contribution in [3.05, 3.63) is 35.4 Å². The monoisotopic (exact) mass is 324 g/mol. The van der Waals surface area contributed by atoms with Crippen LogP contribution in [-0.4, -0.2) is 33.7 Å². The fourth-order valence-corrected chi connectivity index (χ4v) is 3.45. The predicted molar refractivity (Wildman–Crippen MR) is 87.2 cm³/mol. The van der Waals surface area contributed by atoms with Gasteiger partial charge in [0.1, 0.15) is 0 Å². The molecule has 0 heterocycles. The van der Waals surface area contributed by atoms with E-state index < -0.39 is 10.0 Å². The van der Waals surface area contributed by atoms with Gasteiger partial charge in [-0.1, -0.05) is 24.3 Å². The molecule has 0 aliphatic heterocycles. The normalized spacial score (nSPS) is 17.8. The third kappa shape index (κ3) is 5.42. The number of carbonyl (C=O) groups is 1. The second-order valence-electron chi connectivity index (χ2n) is 5.86. The summed E-state index contributed by atoms with van der Waals surface area (Å²) >= 11 is 0. The fourth-order valence-electron chi connectivity index (χ4n) is 2.94. The quantitative estimate of drug-likeness (QED) is 0.747. The van der Waals surface area contributed by atoms with Crippen LogP contribution in [0.1, 0.15) is 42.7 Å². The smallest absolute Gasteiger partial charge is 0.220 e. The Kier molecular flexibility index (Phi) is 5.97. The molecule has 0 fully saturated rings. The Morgan fingerprint density at radius 2 is 2.05 bits per heavy atom. The molecule has 0 aromatic heterocycles. The van der Waals surface area contributed by atoms with Crippen molar-refractivity contribution in [2.45, 2.75) is 38.0 Å². The minimum atomic E-state index is -3.14. The molecular formula is C16H24N2O3S.